The van der Waals surface area contributed by atoms with Crippen molar-refractivity contribution in [2.45, 2.75) is 119 Å². The van der Waals surface area contributed by atoms with Crippen molar-refractivity contribution in [3.63, 3.8) is 0 Å². The third-order valence-electron chi connectivity index (χ3n) is 5.96. The van der Waals surface area contributed by atoms with Crippen molar-refractivity contribution < 1.29 is 0 Å². The largest absolute Gasteiger partial charge is 0.0883 e. The zero-order chi connectivity index (χ0) is 19.8. The van der Waals surface area contributed by atoms with Crippen LogP contribution in [0.1, 0.15) is 119 Å². The summed E-state index contributed by atoms with van der Waals surface area (Å²) < 4.78 is 0. The van der Waals surface area contributed by atoms with Crippen LogP contribution in [0.4, 0.5) is 0 Å². The Morgan fingerprint density at radius 1 is 0.654 bits per heavy atom. The summed E-state index contributed by atoms with van der Waals surface area (Å²) in [7, 11) is 0. The Bertz CT molecular complexity index is 331. The summed E-state index contributed by atoms with van der Waals surface area (Å²) in [5.41, 5.74) is 1.54. The summed E-state index contributed by atoms with van der Waals surface area (Å²) in [5.74, 6) is 3.64. The van der Waals surface area contributed by atoms with E-state index in [9.17, 15) is 0 Å². The minimum atomic E-state index is 0.874. The van der Waals surface area contributed by atoms with Crippen LogP contribution in [0.2, 0.25) is 0 Å². The molecule has 0 spiro atoms. The Balaban J connectivity index is 3.58. The molecule has 0 saturated heterocycles. The number of allylic oxidation sites excluding steroid dienone is 2. The first kappa shape index (κ1) is 26.2. The van der Waals surface area contributed by atoms with Crippen LogP contribution in [0.15, 0.2) is 11.6 Å². The molecule has 26 heavy (non-hydrogen) atoms. The first-order chi connectivity index (χ1) is 12.3. The van der Waals surface area contributed by atoms with Crippen LogP contribution in [0.25, 0.3) is 0 Å². The van der Waals surface area contributed by atoms with Gasteiger partial charge in [0, 0.05) is 5.33 Å². The van der Waals surface area contributed by atoms with Crippen molar-refractivity contribution >= 4 is 15.9 Å². The van der Waals surface area contributed by atoms with E-state index in [4.69, 9.17) is 0 Å². The summed E-state index contributed by atoms with van der Waals surface area (Å²) in [5, 5.41) is 1.00. The molecule has 0 bridgehead atoms. The lowest BCUT2D eigenvalue weighted by molar-refractivity contribution is 0.372. The molecule has 0 aromatic rings. The molecule has 0 aliphatic rings. The van der Waals surface area contributed by atoms with Gasteiger partial charge >= 0.3 is 0 Å². The predicted octanol–water partition coefficient (Wildman–Crippen LogP) is 9.57. The molecule has 0 aliphatic heterocycles. The van der Waals surface area contributed by atoms with Gasteiger partial charge in [-0.15, -0.1) is 0 Å². The molecule has 0 nitrogen and oxygen atoms in total. The molecule has 3 unspecified atom stereocenters. The molecule has 0 radical (unpaired) electrons. The van der Waals surface area contributed by atoms with Gasteiger partial charge in [-0.3, -0.25) is 0 Å². The van der Waals surface area contributed by atoms with Gasteiger partial charge in [0.25, 0.3) is 0 Å². The average Bonchev–Trinajstić information content (AvgIpc) is 2.54. The Morgan fingerprint density at radius 3 is 1.42 bits per heavy atom. The highest BCUT2D eigenvalue weighted by Crippen LogP contribution is 2.23. The fourth-order valence-corrected chi connectivity index (χ4v) is 4.45. The second-order valence-corrected chi connectivity index (χ2v) is 10.2. The molecule has 0 aromatic heterocycles. The molecule has 0 amide bonds. The normalized spacial score (nSPS) is 16.1. The maximum absolute atomic E-state index is 3.48. The lowest BCUT2D eigenvalue weighted by atomic mass is 9.90. The van der Waals surface area contributed by atoms with Gasteiger partial charge < -0.3 is 0 Å². The zero-order valence-electron chi connectivity index (χ0n) is 19.0. The average molecular weight is 430 g/mol. The van der Waals surface area contributed by atoms with E-state index < -0.39 is 0 Å². The van der Waals surface area contributed by atoms with Crippen LogP contribution < -0.4 is 0 Å². The molecule has 156 valence electrons. The molecular formula is C25H49Br. The highest BCUT2D eigenvalue weighted by Gasteiger charge is 2.08. The second kappa shape index (κ2) is 17.3. The van der Waals surface area contributed by atoms with Gasteiger partial charge in [-0.05, 0) is 43.4 Å². The van der Waals surface area contributed by atoms with E-state index in [1.165, 1.54) is 77.0 Å². The van der Waals surface area contributed by atoms with Crippen LogP contribution in [0.3, 0.4) is 0 Å². The van der Waals surface area contributed by atoms with Crippen molar-refractivity contribution in [1.82, 2.24) is 0 Å². The highest BCUT2D eigenvalue weighted by atomic mass is 79.9. The lowest BCUT2D eigenvalue weighted by Crippen LogP contribution is -2.01. The van der Waals surface area contributed by atoms with Gasteiger partial charge in [-0.1, -0.05) is 126 Å². The maximum atomic E-state index is 3.48. The summed E-state index contributed by atoms with van der Waals surface area (Å²) in [6.45, 7) is 14.3. The second-order valence-electron chi connectivity index (χ2n) is 9.60. The lowest BCUT2D eigenvalue weighted by Gasteiger charge is -2.16. The number of alkyl halides is 1. The van der Waals surface area contributed by atoms with Crippen LogP contribution >= 0.6 is 15.9 Å². The van der Waals surface area contributed by atoms with E-state index in [1.807, 2.05) is 0 Å². The van der Waals surface area contributed by atoms with Crippen molar-refractivity contribution in [2.75, 3.05) is 5.33 Å². The minimum Gasteiger partial charge on any atom is -0.0883 e. The van der Waals surface area contributed by atoms with Crippen molar-refractivity contribution in [3.8, 4) is 0 Å². The zero-order valence-corrected chi connectivity index (χ0v) is 20.5. The van der Waals surface area contributed by atoms with E-state index >= 15 is 0 Å². The molecule has 0 aliphatic carbocycles. The molecule has 0 saturated carbocycles. The standard InChI is InChI=1S/C25H49Br/c1-21(2)11-7-12-22(3)13-8-14-23(4)15-9-16-24(5)17-10-18-25(6)19-20-26/h19,21-24H,7-18,20H2,1-6H3/b25-19+. The van der Waals surface area contributed by atoms with E-state index in [2.05, 4.69) is 63.5 Å². The Hall–Kier alpha value is 0.220. The number of hydrogen-bond donors (Lipinski definition) is 0. The van der Waals surface area contributed by atoms with Crippen LogP contribution in [0.5, 0.6) is 0 Å². The quantitative estimate of drug-likeness (QED) is 0.159. The van der Waals surface area contributed by atoms with Crippen LogP contribution in [0, 0.1) is 23.7 Å². The predicted molar refractivity (Wildman–Crippen MR) is 125 cm³/mol. The molecule has 0 rings (SSSR count). The molecular weight excluding hydrogens is 380 g/mol. The van der Waals surface area contributed by atoms with Crippen molar-refractivity contribution in [2.24, 2.45) is 23.7 Å². The topological polar surface area (TPSA) is 0 Å². The molecule has 3 atom stereocenters. The highest BCUT2D eigenvalue weighted by molar-refractivity contribution is 9.09. The maximum Gasteiger partial charge on any atom is 0.0214 e. The third kappa shape index (κ3) is 17.6. The number of rotatable bonds is 17. The number of hydrogen-bond acceptors (Lipinski definition) is 0. The summed E-state index contributed by atoms with van der Waals surface area (Å²) >= 11 is 3.48. The summed E-state index contributed by atoms with van der Waals surface area (Å²) in [6, 6.07) is 0. The molecule has 0 N–H and O–H groups in total. The molecule has 0 aromatic carbocycles. The van der Waals surface area contributed by atoms with E-state index in [-0.39, 0.29) is 0 Å². The first-order valence-electron chi connectivity index (χ1n) is 11.6. The minimum absolute atomic E-state index is 0.874. The van der Waals surface area contributed by atoms with Gasteiger partial charge in [0.2, 0.25) is 0 Å². The Labute approximate surface area is 175 Å². The Kier molecular flexibility index (Phi) is 17.5. The first-order valence-corrected chi connectivity index (χ1v) is 12.7. The van der Waals surface area contributed by atoms with E-state index in [1.54, 1.807) is 5.57 Å². The number of halogens is 1. The van der Waals surface area contributed by atoms with Crippen LogP contribution in [-0.4, -0.2) is 5.33 Å². The van der Waals surface area contributed by atoms with Gasteiger partial charge in [-0.25, -0.2) is 0 Å². The van der Waals surface area contributed by atoms with Gasteiger partial charge in [0.15, 0.2) is 0 Å². The fourth-order valence-electron chi connectivity index (χ4n) is 3.90. The van der Waals surface area contributed by atoms with Crippen LogP contribution in [-0.2, 0) is 0 Å². The molecule has 0 fully saturated rings. The van der Waals surface area contributed by atoms with E-state index in [0.717, 1.165) is 29.0 Å². The molecule has 1 heteroatoms. The third-order valence-corrected chi connectivity index (χ3v) is 6.28. The summed E-state index contributed by atoms with van der Waals surface area (Å²) in [6.07, 6.45) is 19.2. The fraction of sp³-hybridized carbons (Fsp3) is 0.920. The smallest absolute Gasteiger partial charge is 0.0214 e. The molecule has 0 heterocycles. The van der Waals surface area contributed by atoms with Crippen molar-refractivity contribution in [1.29, 1.82) is 0 Å². The Morgan fingerprint density at radius 2 is 1.04 bits per heavy atom. The monoisotopic (exact) mass is 428 g/mol. The van der Waals surface area contributed by atoms with E-state index in [0.29, 0.717) is 0 Å². The summed E-state index contributed by atoms with van der Waals surface area (Å²) in [4.78, 5) is 0. The van der Waals surface area contributed by atoms with Gasteiger partial charge in [0.1, 0.15) is 0 Å². The van der Waals surface area contributed by atoms with Gasteiger partial charge in [-0.2, -0.15) is 0 Å². The van der Waals surface area contributed by atoms with Crippen molar-refractivity contribution in [3.05, 3.63) is 11.6 Å². The van der Waals surface area contributed by atoms with Gasteiger partial charge in [0.05, 0.1) is 0 Å². The SMILES string of the molecule is C/C(=C\CBr)CCCC(C)CCCC(C)CCCC(C)CCCC(C)C.